The average molecular weight is 321 g/mol. The number of hydrogen-bond acceptors (Lipinski definition) is 5. The Morgan fingerprint density at radius 3 is 3.00 bits per heavy atom. The van der Waals surface area contributed by atoms with Crippen molar-refractivity contribution in [2.75, 3.05) is 20.2 Å². The molecule has 1 aromatic rings. The highest BCUT2D eigenvalue weighted by Crippen LogP contribution is 2.36. The van der Waals surface area contributed by atoms with Crippen molar-refractivity contribution in [1.82, 2.24) is 25.2 Å². The van der Waals surface area contributed by atoms with Gasteiger partial charge >= 0.3 is 0 Å². The third kappa shape index (κ3) is 3.72. The molecule has 0 aliphatic carbocycles. The first-order valence-corrected chi connectivity index (χ1v) is 8.49. The molecule has 3 fully saturated rings. The lowest BCUT2D eigenvalue weighted by Gasteiger charge is -2.49. The lowest BCUT2D eigenvalue weighted by atomic mass is 9.75. The molecule has 4 heterocycles. The minimum absolute atomic E-state index is 0.141. The molecular weight excluding hydrogens is 294 g/mol. The van der Waals surface area contributed by atoms with Crippen LogP contribution in [0.15, 0.2) is 6.20 Å². The monoisotopic (exact) mass is 321 g/mol. The Hall–Kier alpha value is -1.47. The van der Waals surface area contributed by atoms with Crippen LogP contribution in [-0.2, 0) is 22.7 Å². The lowest BCUT2D eigenvalue weighted by Crippen LogP contribution is -2.58. The van der Waals surface area contributed by atoms with Gasteiger partial charge in [-0.25, -0.2) is 0 Å². The normalized spacial score (nSPS) is 29.9. The van der Waals surface area contributed by atoms with Crippen molar-refractivity contribution in [1.29, 1.82) is 0 Å². The Morgan fingerprint density at radius 2 is 2.35 bits per heavy atom. The fraction of sp³-hybridized carbons (Fsp3) is 0.812. The van der Waals surface area contributed by atoms with Crippen LogP contribution in [0.2, 0.25) is 0 Å². The summed E-state index contributed by atoms with van der Waals surface area (Å²) in [6.45, 7) is 7.32. The molecule has 3 saturated heterocycles. The number of methoxy groups -OCH3 is 1. The van der Waals surface area contributed by atoms with Crippen molar-refractivity contribution in [3.05, 3.63) is 11.9 Å². The summed E-state index contributed by atoms with van der Waals surface area (Å²) < 4.78 is 6.99. The van der Waals surface area contributed by atoms with Gasteiger partial charge in [0.2, 0.25) is 5.91 Å². The molecule has 1 aromatic heterocycles. The Kier molecular flexibility index (Phi) is 4.96. The van der Waals surface area contributed by atoms with Crippen LogP contribution in [0.4, 0.5) is 0 Å². The second kappa shape index (κ2) is 6.97. The summed E-state index contributed by atoms with van der Waals surface area (Å²) in [5.41, 5.74) is 0.859. The lowest BCUT2D eigenvalue weighted by molar-refractivity contribution is -0.133. The van der Waals surface area contributed by atoms with Crippen LogP contribution in [0.5, 0.6) is 0 Å². The van der Waals surface area contributed by atoms with Crippen LogP contribution in [-0.4, -0.2) is 58.1 Å². The molecule has 23 heavy (non-hydrogen) atoms. The minimum Gasteiger partial charge on any atom is -0.378 e. The molecule has 0 radical (unpaired) electrons. The van der Waals surface area contributed by atoms with E-state index in [1.54, 1.807) is 7.11 Å². The number of rotatable bonds is 6. The minimum atomic E-state index is 0.141. The number of nitrogens with zero attached hydrogens (tertiary/aromatic N) is 4. The van der Waals surface area contributed by atoms with Gasteiger partial charge in [0.1, 0.15) is 5.69 Å². The summed E-state index contributed by atoms with van der Waals surface area (Å²) >= 11 is 0. The Labute approximate surface area is 137 Å². The molecule has 1 N–H and O–H groups in total. The number of piperidine rings is 3. The molecular formula is C16H27N5O2. The number of hydrogen-bond donors (Lipinski definition) is 1. The largest absolute Gasteiger partial charge is 0.378 e. The van der Waals surface area contributed by atoms with Crippen LogP contribution >= 0.6 is 0 Å². The second-order valence-electron chi connectivity index (χ2n) is 7.07. The van der Waals surface area contributed by atoms with Gasteiger partial charge in [0.25, 0.3) is 0 Å². The van der Waals surface area contributed by atoms with E-state index in [0.29, 0.717) is 18.6 Å². The molecule has 0 aromatic carbocycles. The molecule has 4 rings (SSSR count). The predicted molar refractivity (Wildman–Crippen MR) is 85.6 cm³/mol. The number of fused-ring (bicyclic) bond motifs is 3. The van der Waals surface area contributed by atoms with E-state index >= 15 is 0 Å². The number of amides is 1. The van der Waals surface area contributed by atoms with Crippen molar-refractivity contribution in [2.45, 2.75) is 51.9 Å². The number of ether oxygens (including phenoxy) is 1. The van der Waals surface area contributed by atoms with Crippen molar-refractivity contribution in [3.63, 3.8) is 0 Å². The van der Waals surface area contributed by atoms with E-state index in [1.807, 2.05) is 24.7 Å². The first-order valence-electron chi connectivity index (χ1n) is 8.49. The zero-order valence-electron chi connectivity index (χ0n) is 14.2. The molecule has 4 atom stereocenters. The first-order chi connectivity index (χ1) is 11.1. The summed E-state index contributed by atoms with van der Waals surface area (Å²) in [7, 11) is 1.66. The van der Waals surface area contributed by atoms with Crippen molar-refractivity contribution in [3.8, 4) is 0 Å². The molecule has 128 valence electrons. The molecule has 0 spiro atoms. The molecule has 3 aliphatic rings. The predicted octanol–water partition coefficient (Wildman–Crippen LogP) is 0.660. The maximum atomic E-state index is 12.4. The van der Waals surface area contributed by atoms with E-state index in [2.05, 4.69) is 20.5 Å². The molecule has 2 bridgehead atoms. The summed E-state index contributed by atoms with van der Waals surface area (Å²) in [5.74, 6) is 0.851. The standard InChI is InChI=1S/C16H27N5O2/c1-11(2)17-16(22)15-9-20-5-4-12(15)6-14(20)8-21-7-13(10-23-3)18-19-21/h7,11-12,14-15H,4-6,8-10H2,1-3H3,(H,17,22)/t12-,14-,15-/m1/s1. The maximum absolute atomic E-state index is 12.4. The third-order valence-corrected chi connectivity index (χ3v) is 4.92. The Balaban J connectivity index is 1.59. The second-order valence-corrected chi connectivity index (χ2v) is 7.07. The topological polar surface area (TPSA) is 72.3 Å². The van der Waals surface area contributed by atoms with E-state index in [9.17, 15) is 4.79 Å². The fourth-order valence-electron chi connectivity index (χ4n) is 3.87. The summed E-state index contributed by atoms with van der Waals surface area (Å²) in [6.07, 6.45) is 4.14. The molecule has 3 aliphatic heterocycles. The molecule has 7 heteroatoms. The SMILES string of the molecule is COCc1cn(C[C@H]2C[C@H]3CCN2C[C@H]3C(=O)NC(C)C)nn1. The molecule has 1 amide bonds. The highest BCUT2D eigenvalue weighted by Gasteiger charge is 2.43. The van der Waals surface area contributed by atoms with Crippen molar-refractivity contribution in [2.24, 2.45) is 11.8 Å². The maximum Gasteiger partial charge on any atom is 0.224 e. The van der Waals surface area contributed by atoms with E-state index in [-0.39, 0.29) is 17.9 Å². The molecule has 7 nitrogen and oxygen atoms in total. The van der Waals surface area contributed by atoms with Crippen LogP contribution in [0.1, 0.15) is 32.4 Å². The highest BCUT2D eigenvalue weighted by atomic mass is 16.5. The van der Waals surface area contributed by atoms with Crippen molar-refractivity contribution >= 4 is 5.91 Å². The molecule has 1 unspecified atom stereocenters. The van der Waals surface area contributed by atoms with Gasteiger partial charge in [0, 0.05) is 25.7 Å². The van der Waals surface area contributed by atoms with Gasteiger partial charge in [0.15, 0.2) is 0 Å². The number of carbonyl (C=O) groups excluding carboxylic acids is 1. The van der Waals surface area contributed by atoms with Crippen LogP contribution in [0.3, 0.4) is 0 Å². The highest BCUT2D eigenvalue weighted by molar-refractivity contribution is 5.79. The first kappa shape index (κ1) is 16.4. The van der Waals surface area contributed by atoms with E-state index < -0.39 is 0 Å². The van der Waals surface area contributed by atoms with Gasteiger partial charge in [0.05, 0.1) is 25.3 Å². The summed E-state index contributed by atoms with van der Waals surface area (Å²) in [4.78, 5) is 14.8. The van der Waals surface area contributed by atoms with Crippen molar-refractivity contribution < 1.29 is 9.53 Å². The summed E-state index contributed by atoms with van der Waals surface area (Å²) in [6, 6.07) is 0.664. The fourth-order valence-corrected chi connectivity index (χ4v) is 3.87. The van der Waals surface area contributed by atoms with Gasteiger partial charge in [-0.2, -0.15) is 0 Å². The van der Waals surface area contributed by atoms with Crippen LogP contribution in [0.25, 0.3) is 0 Å². The van der Waals surface area contributed by atoms with E-state index in [4.69, 9.17) is 4.74 Å². The van der Waals surface area contributed by atoms with Gasteiger partial charge in [-0.05, 0) is 39.2 Å². The van der Waals surface area contributed by atoms with Gasteiger partial charge in [-0.1, -0.05) is 5.21 Å². The zero-order valence-corrected chi connectivity index (χ0v) is 14.2. The van der Waals surface area contributed by atoms with Gasteiger partial charge in [-0.3, -0.25) is 14.4 Å². The molecule has 0 saturated carbocycles. The third-order valence-electron chi connectivity index (χ3n) is 4.92. The van der Waals surface area contributed by atoms with E-state index in [0.717, 1.165) is 38.2 Å². The number of nitrogens with one attached hydrogen (secondary N) is 1. The zero-order chi connectivity index (χ0) is 16.4. The van der Waals surface area contributed by atoms with E-state index in [1.165, 1.54) is 0 Å². The number of carbonyl (C=O) groups is 1. The smallest absolute Gasteiger partial charge is 0.224 e. The van der Waals surface area contributed by atoms with Gasteiger partial charge < -0.3 is 10.1 Å². The summed E-state index contributed by atoms with van der Waals surface area (Å²) in [5, 5.41) is 11.4. The van der Waals surface area contributed by atoms with Crippen LogP contribution < -0.4 is 5.32 Å². The Morgan fingerprint density at radius 1 is 1.52 bits per heavy atom. The average Bonchev–Trinajstić information content (AvgIpc) is 2.95. The Bertz CT molecular complexity index is 544. The van der Waals surface area contributed by atoms with Gasteiger partial charge in [-0.15, -0.1) is 5.10 Å². The van der Waals surface area contributed by atoms with Crippen LogP contribution in [0, 0.1) is 11.8 Å². The number of aromatic nitrogens is 3. The quantitative estimate of drug-likeness (QED) is 0.833.